The van der Waals surface area contributed by atoms with Gasteiger partial charge in [0.25, 0.3) is 0 Å². The fraction of sp³-hybridized carbons (Fsp3) is 0.562. The van der Waals surface area contributed by atoms with Gasteiger partial charge in [-0.25, -0.2) is 4.98 Å². The van der Waals surface area contributed by atoms with Crippen LogP contribution in [0, 0.1) is 11.8 Å². The number of hydrogen-bond donors (Lipinski definition) is 1. The number of ether oxygens (including phenoxy) is 1. The lowest BCUT2D eigenvalue weighted by atomic mass is 9.96. The Hall–Kier alpha value is -1.29. The predicted molar refractivity (Wildman–Crippen MR) is 83.6 cm³/mol. The van der Waals surface area contributed by atoms with E-state index in [0.29, 0.717) is 12.6 Å². The van der Waals surface area contributed by atoms with Crippen molar-refractivity contribution in [3.05, 3.63) is 18.2 Å². The highest BCUT2D eigenvalue weighted by atomic mass is 32.1. The molecule has 2 bridgehead atoms. The summed E-state index contributed by atoms with van der Waals surface area (Å²) in [5.74, 6) is 2.79. The van der Waals surface area contributed by atoms with Crippen molar-refractivity contribution in [3.8, 4) is 5.75 Å². The van der Waals surface area contributed by atoms with E-state index in [4.69, 9.17) is 9.72 Å². The number of fused-ring (bicyclic) bond motifs is 3. The number of thiazole rings is 1. The van der Waals surface area contributed by atoms with Gasteiger partial charge in [0.15, 0.2) is 5.13 Å². The second-order valence-corrected chi connectivity index (χ2v) is 7.04. The van der Waals surface area contributed by atoms with E-state index in [1.807, 2.05) is 13.0 Å². The molecule has 3 atom stereocenters. The van der Waals surface area contributed by atoms with E-state index in [1.54, 1.807) is 11.3 Å². The number of aromatic nitrogens is 1. The average molecular weight is 288 g/mol. The summed E-state index contributed by atoms with van der Waals surface area (Å²) in [5.41, 5.74) is 1.07. The first-order valence-corrected chi connectivity index (χ1v) is 8.43. The molecule has 1 aromatic heterocycles. The molecule has 2 fully saturated rings. The zero-order valence-corrected chi connectivity index (χ0v) is 12.6. The van der Waals surface area contributed by atoms with Gasteiger partial charge in [-0.05, 0) is 56.2 Å². The summed E-state index contributed by atoms with van der Waals surface area (Å²) >= 11 is 1.75. The molecule has 0 aliphatic heterocycles. The van der Waals surface area contributed by atoms with Gasteiger partial charge in [0.2, 0.25) is 0 Å². The van der Waals surface area contributed by atoms with Crippen molar-refractivity contribution >= 4 is 26.7 Å². The number of hydrogen-bond acceptors (Lipinski definition) is 4. The van der Waals surface area contributed by atoms with Crippen molar-refractivity contribution in [1.82, 2.24) is 4.98 Å². The summed E-state index contributed by atoms with van der Waals surface area (Å²) < 4.78 is 6.77. The normalized spacial score (nSPS) is 28.1. The molecule has 20 heavy (non-hydrogen) atoms. The van der Waals surface area contributed by atoms with Crippen molar-refractivity contribution in [2.45, 2.75) is 38.6 Å². The molecule has 0 amide bonds. The Morgan fingerprint density at radius 2 is 2.30 bits per heavy atom. The average Bonchev–Trinajstić information content (AvgIpc) is 3.12. The predicted octanol–water partition coefficient (Wildman–Crippen LogP) is 4.30. The molecule has 0 saturated heterocycles. The van der Waals surface area contributed by atoms with Crippen LogP contribution in [-0.4, -0.2) is 17.6 Å². The van der Waals surface area contributed by atoms with Gasteiger partial charge in [0.05, 0.1) is 16.8 Å². The Bertz CT molecular complexity index is 624. The summed E-state index contributed by atoms with van der Waals surface area (Å²) in [7, 11) is 0. The molecule has 0 radical (unpaired) electrons. The molecular weight excluding hydrogens is 268 g/mol. The number of nitrogens with zero attached hydrogens (tertiary/aromatic N) is 1. The minimum absolute atomic E-state index is 0.653. The van der Waals surface area contributed by atoms with Crippen LogP contribution in [0.4, 0.5) is 5.13 Å². The van der Waals surface area contributed by atoms with E-state index in [2.05, 4.69) is 17.4 Å². The van der Waals surface area contributed by atoms with Crippen molar-refractivity contribution in [3.63, 3.8) is 0 Å². The minimum Gasteiger partial charge on any atom is -0.494 e. The van der Waals surface area contributed by atoms with Crippen LogP contribution in [0.25, 0.3) is 10.2 Å². The Morgan fingerprint density at radius 1 is 1.35 bits per heavy atom. The molecular formula is C16H20N2OS. The Kier molecular flexibility index (Phi) is 3.06. The topological polar surface area (TPSA) is 34.1 Å². The maximum Gasteiger partial charge on any atom is 0.184 e. The van der Waals surface area contributed by atoms with Crippen LogP contribution in [-0.2, 0) is 0 Å². The molecule has 2 aliphatic rings. The van der Waals surface area contributed by atoms with Crippen molar-refractivity contribution in [2.75, 3.05) is 11.9 Å². The Balaban J connectivity index is 1.54. The van der Waals surface area contributed by atoms with Crippen LogP contribution >= 0.6 is 11.3 Å². The molecule has 3 nitrogen and oxygen atoms in total. The van der Waals surface area contributed by atoms with Crippen LogP contribution < -0.4 is 10.1 Å². The Morgan fingerprint density at radius 3 is 3.05 bits per heavy atom. The number of rotatable bonds is 4. The highest BCUT2D eigenvalue weighted by molar-refractivity contribution is 7.22. The highest BCUT2D eigenvalue weighted by Gasteiger charge is 2.39. The number of anilines is 1. The van der Waals surface area contributed by atoms with Crippen molar-refractivity contribution in [2.24, 2.45) is 11.8 Å². The molecule has 2 aliphatic carbocycles. The molecule has 1 heterocycles. The molecule has 3 unspecified atom stereocenters. The van der Waals surface area contributed by atoms with Gasteiger partial charge in [-0.2, -0.15) is 0 Å². The first-order chi connectivity index (χ1) is 9.81. The lowest BCUT2D eigenvalue weighted by Crippen LogP contribution is -2.25. The standard InChI is InChI=1S/C16H20N2OS/c1-2-19-12-5-6-13-15(9-12)20-16(17-13)18-14-8-10-3-4-11(14)7-10/h5-6,9-11,14H,2-4,7-8H2,1H3,(H,17,18). The third-order valence-electron chi connectivity index (χ3n) is 4.72. The molecule has 106 valence electrons. The summed E-state index contributed by atoms with van der Waals surface area (Å²) in [6.45, 7) is 2.72. The third-order valence-corrected chi connectivity index (χ3v) is 5.67. The largest absolute Gasteiger partial charge is 0.494 e. The zero-order valence-electron chi connectivity index (χ0n) is 11.8. The monoisotopic (exact) mass is 288 g/mol. The van der Waals surface area contributed by atoms with Gasteiger partial charge in [-0.3, -0.25) is 0 Å². The van der Waals surface area contributed by atoms with Gasteiger partial charge in [-0.15, -0.1) is 0 Å². The molecule has 2 saturated carbocycles. The first kappa shape index (κ1) is 12.5. The molecule has 0 spiro atoms. The van der Waals surface area contributed by atoms with Crippen molar-refractivity contribution < 1.29 is 4.74 Å². The summed E-state index contributed by atoms with van der Waals surface area (Å²) in [6, 6.07) is 6.82. The van der Waals surface area contributed by atoms with Crippen LogP contribution in [0.2, 0.25) is 0 Å². The summed E-state index contributed by atoms with van der Waals surface area (Å²) in [4.78, 5) is 4.71. The lowest BCUT2D eigenvalue weighted by Gasteiger charge is -2.22. The van der Waals surface area contributed by atoms with Crippen LogP contribution in [0.5, 0.6) is 5.75 Å². The maximum atomic E-state index is 5.56. The Labute approximate surface area is 123 Å². The van der Waals surface area contributed by atoms with E-state index < -0.39 is 0 Å². The van der Waals surface area contributed by atoms with Crippen molar-refractivity contribution in [1.29, 1.82) is 0 Å². The summed E-state index contributed by atoms with van der Waals surface area (Å²) in [6.07, 6.45) is 5.62. The van der Waals surface area contributed by atoms with E-state index in [9.17, 15) is 0 Å². The minimum atomic E-state index is 0.653. The quantitative estimate of drug-likeness (QED) is 0.911. The molecule has 4 heteroatoms. The zero-order chi connectivity index (χ0) is 13.5. The smallest absolute Gasteiger partial charge is 0.184 e. The number of benzene rings is 1. The van der Waals surface area contributed by atoms with Crippen LogP contribution in [0.3, 0.4) is 0 Å². The molecule has 2 aromatic rings. The second kappa shape index (κ2) is 4.92. The maximum absolute atomic E-state index is 5.56. The SMILES string of the molecule is CCOc1ccc2nc(NC3CC4CCC3C4)sc2c1. The second-order valence-electron chi connectivity index (χ2n) is 6.01. The number of nitrogens with one attached hydrogen (secondary N) is 1. The van der Waals surface area contributed by atoms with Gasteiger partial charge in [0, 0.05) is 6.04 Å². The fourth-order valence-corrected chi connectivity index (χ4v) is 4.76. The van der Waals surface area contributed by atoms with E-state index in [0.717, 1.165) is 28.2 Å². The summed E-state index contributed by atoms with van der Waals surface area (Å²) in [5, 5.41) is 4.75. The van der Waals surface area contributed by atoms with E-state index in [-0.39, 0.29) is 0 Å². The van der Waals surface area contributed by atoms with Gasteiger partial charge in [0.1, 0.15) is 5.75 Å². The van der Waals surface area contributed by atoms with Gasteiger partial charge in [-0.1, -0.05) is 17.8 Å². The first-order valence-electron chi connectivity index (χ1n) is 7.61. The fourth-order valence-electron chi connectivity index (χ4n) is 3.80. The van der Waals surface area contributed by atoms with Crippen LogP contribution in [0.1, 0.15) is 32.6 Å². The lowest BCUT2D eigenvalue weighted by molar-refractivity contribution is 0.341. The molecule has 4 rings (SSSR count). The van der Waals surface area contributed by atoms with Gasteiger partial charge < -0.3 is 10.1 Å². The van der Waals surface area contributed by atoms with Crippen LogP contribution in [0.15, 0.2) is 18.2 Å². The third kappa shape index (κ3) is 2.16. The highest BCUT2D eigenvalue weighted by Crippen LogP contribution is 2.46. The van der Waals surface area contributed by atoms with Gasteiger partial charge >= 0.3 is 0 Å². The van der Waals surface area contributed by atoms with E-state index in [1.165, 1.54) is 30.4 Å². The van der Waals surface area contributed by atoms with E-state index >= 15 is 0 Å². The molecule has 1 aromatic carbocycles. The molecule has 1 N–H and O–H groups in total.